The Hall–Kier alpha value is -1.31. The highest BCUT2D eigenvalue weighted by atomic mass is 15.0. The van der Waals surface area contributed by atoms with Gasteiger partial charge in [0.1, 0.15) is 5.82 Å². The van der Waals surface area contributed by atoms with Gasteiger partial charge in [0.05, 0.1) is 0 Å². The van der Waals surface area contributed by atoms with Gasteiger partial charge in [-0.15, -0.1) is 0 Å². The second-order valence-corrected chi connectivity index (χ2v) is 4.37. The summed E-state index contributed by atoms with van der Waals surface area (Å²) < 4.78 is 0. The molecule has 1 unspecified atom stereocenters. The summed E-state index contributed by atoms with van der Waals surface area (Å²) >= 11 is 0. The molecule has 1 N–H and O–H groups in total. The van der Waals surface area contributed by atoms with Crippen LogP contribution in [0.25, 0.3) is 0 Å². The van der Waals surface area contributed by atoms with E-state index in [0.717, 1.165) is 17.9 Å². The van der Waals surface area contributed by atoms with Crippen molar-refractivity contribution in [2.75, 3.05) is 0 Å². The highest BCUT2D eigenvalue weighted by Crippen LogP contribution is 2.14. The molecule has 1 aliphatic rings. The van der Waals surface area contributed by atoms with Gasteiger partial charge in [0.25, 0.3) is 0 Å². The zero-order valence-electron chi connectivity index (χ0n) is 10.6. The van der Waals surface area contributed by atoms with Crippen molar-refractivity contribution in [2.24, 2.45) is 10.9 Å². The number of allylic oxidation sites excluding steroid dienone is 4. The Morgan fingerprint density at radius 1 is 1.56 bits per heavy atom. The molecule has 0 fully saturated rings. The van der Waals surface area contributed by atoms with E-state index in [1.807, 2.05) is 6.21 Å². The second-order valence-electron chi connectivity index (χ2n) is 4.37. The number of hydrogen-bond acceptors (Lipinski definition) is 2. The quantitative estimate of drug-likeness (QED) is 0.746. The zero-order chi connectivity index (χ0) is 12.0. The third-order valence-corrected chi connectivity index (χ3v) is 2.76. The van der Waals surface area contributed by atoms with Crippen LogP contribution in [0, 0.1) is 5.92 Å². The Balaban J connectivity index is 2.52. The van der Waals surface area contributed by atoms with E-state index in [4.69, 9.17) is 0 Å². The van der Waals surface area contributed by atoms with Crippen LogP contribution in [0.1, 0.15) is 40.0 Å². The fourth-order valence-electron chi connectivity index (χ4n) is 1.61. The molecule has 0 aromatic heterocycles. The van der Waals surface area contributed by atoms with Gasteiger partial charge in [-0.25, -0.2) is 4.99 Å². The Morgan fingerprint density at radius 3 is 3.00 bits per heavy atom. The van der Waals surface area contributed by atoms with Crippen LogP contribution in [-0.2, 0) is 0 Å². The predicted octanol–water partition coefficient (Wildman–Crippen LogP) is 3.79. The fourth-order valence-corrected chi connectivity index (χ4v) is 1.61. The van der Waals surface area contributed by atoms with Crippen molar-refractivity contribution >= 4 is 6.21 Å². The van der Waals surface area contributed by atoms with Crippen LogP contribution in [0.3, 0.4) is 0 Å². The molecule has 0 spiro atoms. The molecule has 16 heavy (non-hydrogen) atoms. The van der Waals surface area contributed by atoms with Gasteiger partial charge < -0.3 is 5.32 Å². The molecule has 0 saturated heterocycles. The Bertz CT molecular complexity index is 335. The van der Waals surface area contributed by atoms with E-state index in [1.54, 1.807) is 0 Å². The molecule has 0 aromatic carbocycles. The van der Waals surface area contributed by atoms with Crippen molar-refractivity contribution in [1.82, 2.24) is 5.32 Å². The number of hydrogen-bond donors (Lipinski definition) is 1. The van der Waals surface area contributed by atoms with Crippen molar-refractivity contribution in [2.45, 2.75) is 40.0 Å². The minimum atomic E-state index is 0.499. The van der Waals surface area contributed by atoms with E-state index in [0.29, 0.717) is 5.92 Å². The summed E-state index contributed by atoms with van der Waals surface area (Å²) in [5.74, 6) is 1.42. The molecule has 1 heterocycles. The molecule has 2 heteroatoms. The lowest BCUT2D eigenvalue weighted by atomic mass is 10.0. The average molecular weight is 218 g/mol. The molecule has 1 aliphatic heterocycles. The van der Waals surface area contributed by atoms with Gasteiger partial charge in [-0.05, 0) is 37.3 Å². The zero-order valence-corrected chi connectivity index (χ0v) is 10.6. The lowest BCUT2D eigenvalue weighted by Gasteiger charge is -2.16. The van der Waals surface area contributed by atoms with Gasteiger partial charge >= 0.3 is 0 Å². The summed E-state index contributed by atoms with van der Waals surface area (Å²) in [6.45, 7) is 10.5. The molecule has 0 saturated carbocycles. The Labute approximate surface area is 98.9 Å². The molecule has 0 radical (unpaired) electrons. The normalized spacial score (nSPS) is 17.2. The first-order chi connectivity index (χ1) is 7.63. The summed E-state index contributed by atoms with van der Waals surface area (Å²) in [4.78, 5) is 4.38. The monoisotopic (exact) mass is 218 g/mol. The maximum atomic E-state index is 4.38. The van der Waals surface area contributed by atoms with Gasteiger partial charge in [-0.3, -0.25) is 0 Å². The predicted molar refractivity (Wildman–Crippen MR) is 71.3 cm³/mol. The van der Waals surface area contributed by atoms with E-state index < -0.39 is 0 Å². The number of rotatable bonds is 5. The van der Waals surface area contributed by atoms with E-state index in [2.05, 4.69) is 49.8 Å². The maximum absolute atomic E-state index is 4.38. The van der Waals surface area contributed by atoms with Crippen molar-refractivity contribution in [3.8, 4) is 0 Å². The summed E-state index contributed by atoms with van der Waals surface area (Å²) in [5, 5.41) is 3.30. The summed E-state index contributed by atoms with van der Waals surface area (Å²) in [5.41, 5.74) is 2.27. The van der Waals surface area contributed by atoms with Crippen molar-refractivity contribution in [3.05, 3.63) is 35.8 Å². The Kier molecular flexibility index (Phi) is 5.03. The van der Waals surface area contributed by atoms with Crippen molar-refractivity contribution < 1.29 is 0 Å². The molecule has 0 bridgehead atoms. The largest absolute Gasteiger partial charge is 0.344 e. The standard InChI is InChI=1S/C14H22N2/c1-5-7-12(3)13(4)16-14-9-6-8-11(2)10-15-14/h8-10,12,16H,4-7H2,1-3H3. The van der Waals surface area contributed by atoms with E-state index in [9.17, 15) is 0 Å². The van der Waals surface area contributed by atoms with Crippen LogP contribution >= 0.6 is 0 Å². The summed E-state index contributed by atoms with van der Waals surface area (Å²) in [6.07, 6.45) is 9.44. The molecule has 1 rings (SSSR count). The fraction of sp³-hybridized carbons (Fsp3) is 0.500. The van der Waals surface area contributed by atoms with Crippen LogP contribution in [0.5, 0.6) is 0 Å². The first-order valence-corrected chi connectivity index (χ1v) is 6.00. The number of aliphatic imine (C=N–C) groups is 1. The minimum absolute atomic E-state index is 0.499. The summed E-state index contributed by atoms with van der Waals surface area (Å²) in [6, 6.07) is 0. The minimum Gasteiger partial charge on any atom is -0.344 e. The molecule has 0 aromatic rings. The molecule has 2 nitrogen and oxygen atoms in total. The molecule has 1 atom stereocenters. The highest BCUT2D eigenvalue weighted by Gasteiger charge is 2.06. The second kappa shape index (κ2) is 6.31. The van der Waals surface area contributed by atoms with E-state index in [1.165, 1.54) is 18.4 Å². The van der Waals surface area contributed by atoms with Crippen LogP contribution in [-0.4, -0.2) is 6.21 Å². The highest BCUT2D eigenvalue weighted by molar-refractivity contribution is 5.79. The maximum Gasteiger partial charge on any atom is 0.126 e. The molecule has 88 valence electrons. The molecule has 0 aliphatic carbocycles. The topological polar surface area (TPSA) is 24.4 Å². The van der Waals surface area contributed by atoms with E-state index in [-0.39, 0.29) is 0 Å². The molecular formula is C14H22N2. The van der Waals surface area contributed by atoms with Gasteiger partial charge in [-0.2, -0.15) is 0 Å². The SMILES string of the molecule is C=C(NC1=CCC=C(C)C=N1)C(C)CCC. The van der Waals surface area contributed by atoms with Gasteiger partial charge in [0, 0.05) is 11.9 Å². The van der Waals surface area contributed by atoms with Gasteiger partial charge in [0.2, 0.25) is 0 Å². The number of nitrogens with zero attached hydrogens (tertiary/aromatic N) is 1. The third kappa shape index (κ3) is 4.05. The lowest BCUT2D eigenvalue weighted by molar-refractivity contribution is 0.572. The molecule has 0 amide bonds. The van der Waals surface area contributed by atoms with Crippen LogP contribution in [0.4, 0.5) is 0 Å². The van der Waals surface area contributed by atoms with E-state index >= 15 is 0 Å². The van der Waals surface area contributed by atoms with Crippen LogP contribution < -0.4 is 5.32 Å². The number of nitrogens with one attached hydrogen (secondary N) is 1. The van der Waals surface area contributed by atoms with Crippen molar-refractivity contribution in [3.63, 3.8) is 0 Å². The van der Waals surface area contributed by atoms with Crippen molar-refractivity contribution in [1.29, 1.82) is 0 Å². The van der Waals surface area contributed by atoms with Crippen LogP contribution in [0.2, 0.25) is 0 Å². The third-order valence-electron chi connectivity index (χ3n) is 2.76. The smallest absolute Gasteiger partial charge is 0.126 e. The lowest BCUT2D eigenvalue weighted by Crippen LogP contribution is -2.16. The van der Waals surface area contributed by atoms with Crippen LogP contribution in [0.15, 0.2) is 40.8 Å². The van der Waals surface area contributed by atoms with Gasteiger partial charge in [0.15, 0.2) is 0 Å². The first kappa shape index (κ1) is 12.8. The Morgan fingerprint density at radius 2 is 2.31 bits per heavy atom. The average Bonchev–Trinajstić information content (AvgIpc) is 2.44. The summed E-state index contributed by atoms with van der Waals surface area (Å²) in [7, 11) is 0. The molecular weight excluding hydrogens is 196 g/mol. The first-order valence-electron chi connectivity index (χ1n) is 6.00. The van der Waals surface area contributed by atoms with Gasteiger partial charge in [-0.1, -0.05) is 32.9 Å².